The molecule has 9 heteroatoms. The molecule has 7 nitrogen and oxygen atoms in total. The third-order valence-electron chi connectivity index (χ3n) is 3.91. The van der Waals surface area contributed by atoms with Gasteiger partial charge in [-0.15, -0.1) is 0 Å². The molecule has 2 rings (SSSR count). The van der Waals surface area contributed by atoms with Crippen molar-refractivity contribution in [1.82, 2.24) is 9.62 Å². The first-order chi connectivity index (χ1) is 11.9. The number of carboxylic acids is 1. The van der Waals surface area contributed by atoms with Crippen LogP contribution in [0.1, 0.15) is 22.3 Å². The van der Waals surface area contributed by atoms with Crippen molar-refractivity contribution in [2.24, 2.45) is 0 Å². The Morgan fingerprint density at radius 3 is 2.56 bits per heavy atom. The van der Waals surface area contributed by atoms with Gasteiger partial charge in [0.15, 0.2) is 0 Å². The highest BCUT2D eigenvalue weighted by molar-refractivity contribution is 7.99. The maximum atomic E-state index is 12.2. The number of nitrogens with one attached hydrogen (secondary N) is 1. The number of aromatic carboxylic acids is 1. The summed E-state index contributed by atoms with van der Waals surface area (Å²) in [7, 11) is -3.34. The van der Waals surface area contributed by atoms with Crippen LogP contribution in [0.15, 0.2) is 24.3 Å². The molecule has 1 aliphatic heterocycles. The lowest BCUT2D eigenvalue weighted by Gasteiger charge is -2.25. The second-order valence-corrected chi connectivity index (χ2v) is 8.95. The molecule has 0 aromatic heterocycles. The van der Waals surface area contributed by atoms with E-state index in [2.05, 4.69) is 5.32 Å². The lowest BCUT2D eigenvalue weighted by molar-refractivity contribution is -0.120. The van der Waals surface area contributed by atoms with E-state index in [9.17, 15) is 18.0 Å². The summed E-state index contributed by atoms with van der Waals surface area (Å²) in [6, 6.07) is 6.54. The lowest BCUT2D eigenvalue weighted by atomic mass is 10.0. The van der Waals surface area contributed by atoms with Crippen molar-refractivity contribution in [3.8, 4) is 0 Å². The van der Waals surface area contributed by atoms with Gasteiger partial charge in [0, 0.05) is 37.6 Å². The van der Waals surface area contributed by atoms with Crippen molar-refractivity contribution < 1.29 is 23.1 Å². The highest BCUT2D eigenvalue weighted by Crippen LogP contribution is 2.13. The molecule has 1 amide bonds. The van der Waals surface area contributed by atoms with Gasteiger partial charge < -0.3 is 10.4 Å². The van der Waals surface area contributed by atoms with Crippen LogP contribution in [0.5, 0.6) is 0 Å². The van der Waals surface area contributed by atoms with E-state index in [1.54, 1.807) is 30.0 Å². The number of carboxylic acid groups (broad SMARTS) is 1. The first-order valence-corrected chi connectivity index (χ1v) is 10.8. The molecule has 0 unspecified atom stereocenters. The highest BCUT2D eigenvalue weighted by atomic mass is 32.2. The number of amides is 1. The Balaban J connectivity index is 1.77. The molecule has 25 heavy (non-hydrogen) atoms. The smallest absolute Gasteiger partial charge is 0.335 e. The van der Waals surface area contributed by atoms with Crippen LogP contribution < -0.4 is 5.32 Å². The number of rotatable bonds is 8. The molecule has 0 aliphatic carbocycles. The number of sulfonamides is 1. The molecule has 1 saturated heterocycles. The van der Waals surface area contributed by atoms with E-state index in [1.807, 2.05) is 0 Å². The van der Waals surface area contributed by atoms with E-state index in [0.29, 0.717) is 25.1 Å². The fraction of sp³-hybridized carbons (Fsp3) is 0.500. The van der Waals surface area contributed by atoms with Crippen molar-refractivity contribution in [1.29, 1.82) is 0 Å². The van der Waals surface area contributed by atoms with Crippen LogP contribution in [0.2, 0.25) is 0 Å². The summed E-state index contributed by atoms with van der Waals surface area (Å²) < 4.78 is 25.8. The Kier molecular flexibility index (Phi) is 7.27. The number of carbonyl (C=O) groups excluding carboxylic acids is 1. The zero-order valence-electron chi connectivity index (χ0n) is 13.8. The summed E-state index contributed by atoms with van der Waals surface area (Å²) in [5.74, 6) is 0.171. The summed E-state index contributed by atoms with van der Waals surface area (Å²) in [6.07, 6.45) is 0.412. The largest absolute Gasteiger partial charge is 0.478 e. The normalized spacial score (nSPS) is 15.7. The maximum absolute atomic E-state index is 12.2. The molecule has 1 aromatic rings. The molecule has 2 N–H and O–H groups in total. The second kappa shape index (κ2) is 9.21. The van der Waals surface area contributed by atoms with Crippen LogP contribution in [-0.4, -0.2) is 66.6 Å². The van der Waals surface area contributed by atoms with Crippen LogP contribution in [0.4, 0.5) is 0 Å². The fourth-order valence-electron chi connectivity index (χ4n) is 2.56. The molecule has 0 atom stereocenters. The van der Waals surface area contributed by atoms with Gasteiger partial charge in [-0.3, -0.25) is 4.79 Å². The van der Waals surface area contributed by atoms with Crippen LogP contribution in [0, 0.1) is 0 Å². The Hall–Kier alpha value is -1.58. The van der Waals surface area contributed by atoms with Gasteiger partial charge in [0.1, 0.15) is 0 Å². The number of hydrogen-bond donors (Lipinski definition) is 2. The molecular formula is C16H22N2O5S2. The van der Waals surface area contributed by atoms with Crippen molar-refractivity contribution in [2.45, 2.75) is 12.8 Å². The van der Waals surface area contributed by atoms with Crippen molar-refractivity contribution in [2.75, 3.05) is 36.9 Å². The summed E-state index contributed by atoms with van der Waals surface area (Å²) in [5.41, 5.74) is 0.768. The Morgan fingerprint density at radius 1 is 1.20 bits per heavy atom. The van der Waals surface area contributed by atoms with E-state index in [1.165, 1.54) is 10.4 Å². The van der Waals surface area contributed by atoms with Gasteiger partial charge in [-0.2, -0.15) is 11.8 Å². The van der Waals surface area contributed by atoms with Crippen molar-refractivity contribution in [3.05, 3.63) is 35.4 Å². The topological polar surface area (TPSA) is 104 Å². The minimum atomic E-state index is -3.34. The van der Waals surface area contributed by atoms with Gasteiger partial charge in [-0.25, -0.2) is 17.5 Å². The number of hydrogen-bond acceptors (Lipinski definition) is 5. The molecule has 138 valence electrons. The molecule has 0 saturated carbocycles. The average molecular weight is 386 g/mol. The first-order valence-electron chi connectivity index (χ1n) is 8.03. The molecule has 0 bridgehead atoms. The van der Waals surface area contributed by atoms with Crippen molar-refractivity contribution in [3.63, 3.8) is 0 Å². The molecule has 1 fully saturated rings. The third kappa shape index (κ3) is 6.02. The van der Waals surface area contributed by atoms with Crippen LogP contribution in [0.25, 0.3) is 0 Å². The zero-order chi connectivity index (χ0) is 18.3. The summed E-state index contributed by atoms with van der Waals surface area (Å²) in [6.45, 7) is 1.10. The number of aryl methyl sites for hydroxylation is 1. The quantitative estimate of drug-likeness (QED) is 0.685. The molecule has 0 spiro atoms. The zero-order valence-corrected chi connectivity index (χ0v) is 15.4. The van der Waals surface area contributed by atoms with Gasteiger partial charge in [0.05, 0.1) is 11.3 Å². The van der Waals surface area contributed by atoms with Gasteiger partial charge in [0.25, 0.3) is 0 Å². The average Bonchev–Trinajstić information content (AvgIpc) is 2.60. The van der Waals surface area contributed by atoms with Crippen LogP contribution in [0.3, 0.4) is 0 Å². The Labute approximate surface area is 151 Å². The SMILES string of the molecule is O=C(CCc1ccccc1C(=O)O)NCCS(=O)(=O)N1CCSCC1. The maximum Gasteiger partial charge on any atom is 0.335 e. The molecular weight excluding hydrogens is 364 g/mol. The molecule has 1 aliphatic rings. The van der Waals surface area contributed by atoms with Crippen LogP contribution in [-0.2, 0) is 21.2 Å². The predicted octanol–water partition coefficient (Wildman–Crippen LogP) is 0.812. The first kappa shape index (κ1) is 19.7. The van der Waals surface area contributed by atoms with E-state index in [-0.39, 0.29) is 30.2 Å². The Morgan fingerprint density at radius 2 is 1.88 bits per heavy atom. The summed E-state index contributed by atoms with van der Waals surface area (Å²) in [4.78, 5) is 23.0. The molecule has 1 heterocycles. The number of nitrogens with zero attached hydrogens (tertiary/aromatic N) is 1. The van der Waals surface area contributed by atoms with Gasteiger partial charge in [-0.05, 0) is 18.1 Å². The predicted molar refractivity (Wildman–Crippen MR) is 97.4 cm³/mol. The highest BCUT2D eigenvalue weighted by Gasteiger charge is 2.23. The van der Waals surface area contributed by atoms with E-state index < -0.39 is 16.0 Å². The lowest BCUT2D eigenvalue weighted by Crippen LogP contribution is -2.41. The molecule has 0 radical (unpaired) electrons. The minimum absolute atomic E-state index is 0.0609. The van der Waals surface area contributed by atoms with Crippen molar-refractivity contribution >= 4 is 33.7 Å². The summed E-state index contributed by atoms with van der Waals surface area (Å²) >= 11 is 1.73. The number of benzene rings is 1. The van der Waals surface area contributed by atoms with Gasteiger partial charge in [0.2, 0.25) is 15.9 Å². The van der Waals surface area contributed by atoms with E-state index >= 15 is 0 Å². The van der Waals surface area contributed by atoms with Gasteiger partial charge >= 0.3 is 5.97 Å². The minimum Gasteiger partial charge on any atom is -0.478 e. The third-order valence-corrected chi connectivity index (χ3v) is 6.73. The molecule has 1 aromatic carbocycles. The standard InChI is InChI=1S/C16H22N2O5S2/c19-15(6-5-13-3-1-2-4-14(13)16(20)21)17-7-12-25(22,23)18-8-10-24-11-9-18/h1-4H,5-12H2,(H,17,19)(H,20,21). The monoisotopic (exact) mass is 386 g/mol. The number of thioether (sulfide) groups is 1. The van der Waals surface area contributed by atoms with E-state index in [4.69, 9.17) is 5.11 Å². The Bertz CT molecular complexity index is 715. The van der Waals surface area contributed by atoms with E-state index in [0.717, 1.165) is 11.5 Å². The second-order valence-electron chi connectivity index (χ2n) is 5.64. The van der Waals surface area contributed by atoms with Gasteiger partial charge in [-0.1, -0.05) is 18.2 Å². The summed E-state index contributed by atoms with van der Waals surface area (Å²) in [5, 5.41) is 11.7. The number of carbonyl (C=O) groups is 2. The van der Waals surface area contributed by atoms with Crippen LogP contribution >= 0.6 is 11.8 Å². The fourth-order valence-corrected chi connectivity index (χ4v) is 5.05.